The van der Waals surface area contributed by atoms with Crippen LogP contribution in [-0.2, 0) is 9.53 Å². The first-order chi connectivity index (χ1) is 11.0. The number of benzene rings is 1. The van der Waals surface area contributed by atoms with Crippen LogP contribution in [0, 0.1) is 0 Å². The Morgan fingerprint density at radius 3 is 2.87 bits per heavy atom. The van der Waals surface area contributed by atoms with Crippen molar-refractivity contribution in [3.63, 3.8) is 0 Å². The lowest BCUT2D eigenvalue weighted by molar-refractivity contribution is -0.119. The van der Waals surface area contributed by atoms with Crippen LogP contribution in [0.2, 0.25) is 0 Å². The fourth-order valence-corrected chi connectivity index (χ4v) is 2.44. The number of ether oxygens (including phenoxy) is 1. The Morgan fingerprint density at radius 2 is 2.17 bits per heavy atom. The number of rotatable bonds is 7. The van der Waals surface area contributed by atoms with Crippen LogP contribution >= 0.6 is 0 Å². The Hall–Kier alpha value is -2.08. The third-order valence-corrected chi connectivity index (χ3v) is 3.54. The zero-order valence-electron chi connectivity index (χ0n) is 13.7. The molecule has 6 heteroatoms. The Morgan fingerprint density at radius 1 is 1.35 bits per heavy atom. The lowest BCUT2D eigenvalue weighted by Gasteiger charge is -2.12. The topological polar surface area (TPSA) is 79.5 Å². The van der Waals surface area contributed by atoms with Crippen molar-refractivity contribution in [2.45, 2.75) is 38.8 Å². The molecule has 0 bridgehead atoms. The molecule has 6 nitrogen and oxygen atoms in total. The summed E-state index contributed by atoms with van der Waals surface area (Å²) in [6, 6.07) is 7.24. The first-order valence-electron chi connectivity index (χ1n) is 8.07. The van der Waals surface area contributed by atoms with E-state index in [9.17, 15) is 9.59 Å². The molecular formula is C17H25N3O3. The molecule has 1 aliphatic heterocycles. The average Bonchev–Trinajstić information content (AvgIpc) is 3.03. The molecule has 1 aliphatic rings. The van der Waals surface area contributed by atoms with Crippen molar-refractivity contribution in [3.05, 3.63) is 29.8 Å². The Labute approximate surface area is 137 Å². The normalized spacial score (nSPS) is 17.1. The number of hydrogen-bond donors (Lipinski definition) is 3. The molecule has 1 heterocycles. The summed E-state index contributed by atoms with van der Waals surface area (Å²) in [6.07, 6.45) is 2.17. The van der Waals surface area contributed by atoms with Crippen LogP contribution in [0.1, 0.15) is 37.0 Å². The number of anilines is 1. The molecule has 1 fully saturated rings. The molecule has 1 unspecified atom stereocenters. The smallest absolute Gasteiger partial charge is 0.251 e. The van der Waals surface area contributed by atoms with Crippen LogP contribution in [-0.4, -0.2) is 43.7 Å². The zero-order chi connectivity index (χ0) is 16.7. The van der Waals surface area contributed by atoms with Crippen LogP contribution in [0.25, 0.3) is 0 Å². The quantitative estimate of drug-likeness (QED) is 0.712. The number of carbonyl (C=O) groups excluding carboxylic acids is 2. The summed E-state index contributed by atoms with van der Waals surface area (Å²) in [5, 5.41) is 8.72. The highest BCUT2D eigenvalue weighted by Gasteiger charge is 2.16. The molecule has 1 saturated heterocycles. The molecule has 0 radical (unpaired) electrons. The van der Waals surface area contributed by atoms with Crippen molar-refractivity contribution < 1.29 is 14.3 Å². The van der Waals surface area contributed by atoms with Crippen LogP contribution in [0.5, 0.6) is 0 Å². The summed E-state index contributed by atoms with van der Waals surface area (Å²) >= 11 is 0. The highest BCUT2D eigenvalue weighted by atomic mass is 16.5. The minimum atomic E-state index is -0.129. The van der Waals surface area contributed by atoms with Crippen molar-refractivity contribution in [3.8, 4) is 0 Å². The van der Waals surface area contributed by atoms with Crippen LogP contribution in [0.4, 0.5) is 5.69 Å². The van der Waals surface area contributed by atoms with E-state index in [0.717, 1.165) is 25.1 Å². The van der Waals surface area contributed by atoms with E-state index in [1.807, 2.05) is 19.9 Å². The van der Waals surface area contributed by atoms with Crippen LogP contribution in [0.15, 0.2) is 24.3 Å². The van der Waals surface area contributed by atoms with Gasteiger partial charge in [0.1, 0.15) is 0 Å². The molecule has 0 saturated carbocycles. The van der Waals surface area contributed by atoms with Gasteiger partial charge in [0, 0.05) is 30.4 Å². The SMILES string of the molecule is CC(C)NC(=O)CNc1cccc(C(=O)NCC2CCCO2)c1. The summed E-state index contributed by atoms with van der Waals surface area (Å²) in [4.78, 5) is 23.8. The average molecular weight is 319 g/mol. The van der Waals surface area contributed by atoms with E-state index in [2.05, 4.69) is 16.0 Å². The summed E-state index contributed by atoms with van der Waals surface area (Å²) < 4.78 is 5.49. The molecule has 1 aromatic rings. The predicted octanol–water partition coefficient (Wildman–Crippen LogP) is 1.53. The molecule has 0 aromatic heterocycles. The highest BCUT2D eigenvalue weighted by molar-refractivity contribution is 5.95. The van der Waals surface area contributed by atoms with Crippen molar-refractivity contribution in [1.82, 2.24) is 10.6 Å². The number of nitrogens with one attached hydrogen (secondary N) is 3. The van der Waals surface area contributed by atoms with Gasteiger partial charge in [-0.2, -0.15) is 0 Å². The minimum absolute atomic E-state index is 0.0757. The zero-order valence-corrected chi connectivity index (χ0v) is 13.7. The fourth-order valence-electron chi connectivity index (χ4n) is 2.44. The molecule has 0 spiro atoms. The van der Waals surface area contributed by atoms with E-state index in [-0.39, 0.29) is 30.5 Å². The molecule has 2 rings (SSSR count). The summed E-state index contributed by atoms with van der Waals surface area (Å²) in [5.41, 5.74) is 1.31. The Bertz CT molecular complexity index is 540. The third-order valence-electron chi connectivity index (χ3n) is 3.54. The van der Waals surface area contributed by atoms with Gasteiger partial charge < -0.3 is 20.7 Å². The molecule has 23 heavy (non-hydrogen) atoms. The number of carbonyl (C=O) groups is 2. The van der Waals surface area contributed by atoms with Gasteiger partial charge in [0.2, 0.25) is 5.91 Å². The third kappa shape index (κ3) is 5.90. The lowest BCUT2D eigenvalue weighted by Crippen LogP contribution is -2.35. The predicted molar refractivity (Wildman–Crippen MR) is 89.5 cm³/mol. The first kappa shape index (κ1) is 17.3. The largest absolute Gasteiger partial charge is 0.376 e. The Kier molecular flexibility index (Phi) is 6.40. The summed E-state index contributed by atoms with van der Waals surface area (Å²) in [5.74, 6) is -0.205. The first-order valence-corrected chi connectivity index (χ1v) is 8.07. The van der Waals surface area contributed by atoms with E-state index in [4.69, 9.17) is 4.74 Å². The van der Waals surface area contributed by atoms with Gasteiger partial charge in [-0.15, -0.1) is 0 Å². The molecule has 1 atom stereocenters. The van der Waals surface area contributed by atoms with E-state index in [1.54, 1.807) is 18.2 Å². The molecular weight excluding hydrogens is 294 g/mol. The summed E-state index contributed by atoms with van der Waals surface area (Å²) in [7, 11) is 0. The van der Waals surface area contributed by atoms with Gasteiger partial charge >= 0.3 is 0 Å². The van der Waals surface area contributed by atoms with Gasteiger partial charge in [0.15, 0.2) is 0 Å². The van der Waals surface area contributed by atoms with Crippen molar-refractivity contribution in [2.24, 2.45) is 0 Å². The fraction of sp³-hybridized carbons (Fsp3) is 0.529. The van der Waals surface area contributed by atoms with Gasteiger partial charge in [-0.3, -0.25) is 9.59 Å². The molecule has 3 N–H and O–H groups in total. The number of hydrogen-bond acceptors (Lipinski definition) is 4. The van der Waals surface area contributed by atoms with Crippen molar-refractivity contribution >= 4 is 17.5 Å². The standard InChI is InChI=1S/C17H25N3O3/c1-12(2)20-16(21)11-18-14-6-3-5-13(9-14)17(22)19-10-15-7-4-8-23-15/h3,5-6,9,12,15,18H,4,7-8,10-11H2,1-2H3,(H,19,22)(H,20,21). The number of amides is 2. The van der Waals surface area contributed by atoms with Gasteiger partial charge in [-0.25, -0.2) is 0 Å². The van der Waals surface area contributed by atoms with E-state index >= 15 is 0 Å². The van der Waals surface area contributed by atoms with Crippen molar-refractivity contribution in [1.29, 1.82) is 0 Å². The monoisotopic (exact) mass is 319 g/mol. The van der Waals surface area contributed by atoms with E-state index in [0.29, 0.717) is 12.1 Å². The molecule has 2 amide bonds. The second-order valence-electron chi connectivity index (χ2n) is 6.00. The lowest BCUT2D eigenvalue weighted by atomic mass is 10.1. The molecule has 0 aliphatic carbocycles. The van der Waals surface area contributed by atoms with E-state index in [1.165, 1.54) is 0 Å². The molecule has 126 valence electrons. The maximum atomic E-state index is 12.2. The second-order valence-corrected chi connectivity index (χ2v) is 6.00. The highest BCUT2D eigenvalue weighted by Crippen LogP contribution is 2.12. The maximum Gasteiger partial charge on any atom is 0.251 e. The molecule has 1 aromatic carbocycles. The van der Waals surface area contributed by atoms with E-state index < -0.39 is 0 Å². The van der Waals surface area contributed by atoms with Gasteiger partial charge in [0.05, 0.1) is 12.6 Å². The van der Waals surface area contributed by atoms with Gasteiger partial charge in [-0.1, -0.05) is 6.07 Å². The van der Waals surface area contributed by atoms with Gasteiger partial charge in [-0.05, 0) is 44.9 Å². The summed E-state index contributed by atoms with van der Waals surface area (Å²) in [6.45, 7) is 5.32. The minimum Gasteiger partial charge on any atom is -0.376 e. The Balaban J connectivity index is 1.83. The van der Waals surface area contributed by atoms with Crippen molar-refractivity contribution in [2.75, 3.05) is 25.0 Å². The van der Waals surface area contributed by atoms with Gasteiger partial charge in [0.25, 0.3) is 5.91 Å². The second kappa shape index (κ2) is 8.53. The van der Waals surface area contributed by atoms with Crippen LogP contribution < -0.4 is 16.0 Å². The van der Waals surface area contributed by atoms with Crippen LogP contribution in [0.3, 0.4) is 0 Å². The maximum absolute atomic E-state index is 12.2.